The first kappa shape index (κ1) is 19.8. The quantitative estimate of drug-likeness (QED) is 0.302. The van der Waals surface area contributed by atoms with Crippen LogP contribution < -0.4 is 15.0 Å². The van der Waals surface area contributed by atoms with E-state index in [1.165, 1.54) is 24.5 Å². The van der Waals surface area contributed by atoms with Crippen molar-refractivity contribution >= 4 is 35.6 Å². The highest BCUT2D eigenvalue weighted by Crippen LogP contribution is 2.27. The lowest BCUT2D eigenvalue weighted by molar-refractivity contribution is -0.122. The van der Waals surface area contributed by atoms with E-state index in [9.17, 15) is 19.2 Å². The van der Waals surface area contributed by atoms with Crippen LogP contribution in [0.3, 0.4) is 0 Å². The Morgan fingerprint density at radius 3 is 2.48 bits per heavy atom. The standard InChI is InChI=1S/C23H16N2O6/c1-14-7-2-4-9-17(14)25-21(27)16(20(26)24-23(25)29)13-15-8-3-5-10-18(15)31-22(28)19-11-6-12-30-19/h2-13H,1H3,(H,24,26,29)/b16-13-. The molecule has 4 rings (SSSR count). The number of urea groups is 1. The van der Waals surface area contributed by atoms with Crippen LogP contribution in [0, 0.1) is 6.92 Å². The first-order valence-electron chi connectivity index (χ1n) is 9.27. The number of ether oxygens (including phenoxy) is 1. The van der Waals surface area contributed by atoms with Crippen LogP contribution in [0.5, 0.6) is 5.75 Å². The second kappa shape index (κ2) is 8.11. The van der Waals surface area contributed by atoms with Crippen LogP contribution >= 0.6 is 0 Å². The second-order valence-corrected chi connectivity index (χ2v) is 6.65. The largest absolute Gasteiger partial charge is 0.457 e. The van der Waals surface area contributed by atoms with Crippen LogP contribution in [0.4, 0.5) is 10.5 Å². The number of esters is 1. The molecule has 0 radical (unpaired) electrons. The molecule has 1 aromatic heterocycles. The molecule has 1 fully saturated rings. The number of barbiturate groups is 1. The van der Waals surface area contributed by atoms with Gasteiger partial charge in [-0.25, -0.2) is 14.5 Å². The Kier molecular flexibility index (Phi) is 5.19. The van der Waals surface area contributed by atoms with Crippen LogP contribution in [0.25, 0.3) is 6.08 Å². The summed E-state index contributed by atoms with van der Waals surface area (Å²) in [6, 6.07) is 15.4. The summed E-state index contributed by atoms with van der Waals surface area (Å²) in [4.78, 5) is 51.0. The monoisotopic (exact) mass is 416 g/mol. The Morgan fingerprint density at radius 1 is 1.00 bits per heavy atom. The molecule has 0 unspecified atom stereocenters. The SMILES string of the molecule is Cc1ccccc1N1C(=O)NC(=O)/C(=C/c2ccccc2OC(=O)c2ccco2)C1=O. The van der Waals surface area contributed by atoms with E-state index in [1.807, 2.05) is 0 Å². The molecule has 0 atom stereocenters. The zero-order chi connectivity index (χ0) is 22.0. The summed E-state index contributed by atoms with van der Waals surface area (Å²) in [7, 11) is 0. The Balaban J connectivity index is 1.70. The van der Waals surface area contributed by atoms with Crippen LogP contribution in [0.2, 0.25) is 0 Å². The first-order chi connectivity index (χ1) is 15.0. The highest BCUT2D eigenvalue weighted by atomic mass is 16.5. The number of nitrogens with one attached hydrogen (secondary N) is 1. The molecule has 1 saturated heterocycles. The molecular formula is C23H16N2O6. The van der Waals surface area contributed by atoms with E-state index >= 15 is 0 Å². The number of hydrogen-bond acceptors (Lipinski definition) is 6. The van der Waals surface area contributed by atoms with Crippen LogP contribution in [-0.4, -0.2) is 23.8 Å². The summed E-state index contributed by atoms with van der Waals surface area (Å²) < 4.78 is 10.4. The second-order valence-electron chi connectivity index (χ2n) is 6.65. The van der Waals surface area contributed by atoms with E-state index < -0.39 is 23.8 Å². The summed E-state index contributed by atoms with van der Waals surface area (Å²) in [6.45, 7) is 1.75. The molecule has 154 valence electrons. The fourth-order valence-corrected chi connectivity index (χ4v) is 3.08. The van der Waals surface area contributed by atoms with Gasteiger partial charge < -0.3 is 9.15 Å². The van der Waals surface area contributed by atoms with Gasteiger partial charge in [-0.1, -0.05) is 36.4 Å². The molecule has 0 spiro atoms. The fourth-order valence-electron chi connectivity index (χ4n) is 3.08. The van der Waals surface area contributed by atoms with E-state index in [0.717, 1.165) is 4.90 Å². The van der Waals surface area contributed by atoms with Crippen molar-refractivity contribution in [3.8, 4) is 5.75 Å². The lowest BCUT2D eigenvalue weighted by atomic mass is 10.1. The van der Waals surface area contributed by atoms with Gasteiger partial charge in [0.15, 0.2) is 0 Å². The summed E-state index contributed by atoms with van der Waals surface area (Å²) in [5.74, 6) is -2.23. The van der Waals surface area contributed by atoms with Crippen LogP contribution in [0.1, 0.15) is 21.7 Å². The minimum absolute atomic E-state index is 0.00488. The minimum Gasteiger partial charge on any atom is -0.457 e. The third kappa shape index (κ3) is 3.86. The molecule has 3 aromatic rings. The van der Waals surface area contributed by atoms with E-state index in [4.69, 9.17) is 9.15 Å². The fraction of sp³-hybridized carbons (Fsp3) is 0.0435. The Morgan fingerprint density at radius 2 is 1.74 bits per heavy atom. The number of hydrogen-bond donors (Lipinski definition) is 1. The zero-order valence-corrected chi connectivity index (χ0v) is 16.3. The zero-order valence-electron chi connectivity index (χ0n) is 16.3. The lowest BCUT2D eigenvalue weighted by Crippen LogP contribution is -2.54. The number of carbonyl (C=O) groups is 4. The molecule has 1 aliphatic rings. The number of nitrogens with zero attached hydrogens (tertiary/aromatic N) is 1. The maximum absolute atomic E-state index is 13.1. The minimum atomic E-state index is -0.841. The number of anilines is 1. The van der Waals surface area contributed by atoms with E-state index in [-0.39, 0.29) is 17.1 Å². The van der Waals surface area contributed by atoms with Gasteiger partial charge in [0.05, 0.1) is 12.0 Å². The summed E-state index contributed by atoms with van der Waals surface area (Å²) in [5, 5.41) is 2.17. The molecule has 0 aliphatic carbocycles. The summed E-state index contributed by atoms with van der Waals surface area (Å²) in [6.07, 6.45) is 2.62. The molecule has 31 heavy (non-hydrogen) atoms. The molecule has 4 amide bonds. The van der Waals surface area contributed by atoms with Crippen molar-refractivity contribution in [1.29, 1.82) is 0 Å². The maximum atomic E-state index is 13.1. The van der Waals surface area contributed by atoms with Gasteiger partial charge >= 0.3 is 12.0 Å². The number of aryl methyl sites for hydroxylation is 1. The van der Waals surface area contributed by atoms with Crippen molar-refractivity contribution in [2.45, 2.75) is 6.92 Å². The van der Waals surface area contributed by atoms with Gasteiger partial charge in [-0.3, -0.25) is 14.9 Å². The number of para-hydroxylation sites is 2. The third-order valence-corrected chi connectivity index (χ3v) is 4.60. The maximum Gasteiger partial charge on any atom is 0.379 e. The predicted octanol–water partition coefficient (Wildman–Crippen LogP) is 3.47. The number of amides is 4. The van der Waals surface area contributed by atoms with E-state index in [1.54, 1.807) is 55.5 Å². The van der Waals surface area contributed by atoms with Crippen molar-refractivity contribution in [3.05, 3.63) is 89.4 Å². The van der Waals surface area contributed by atoms with Crippen molar-refractivity contribution in [2.24, 2.45) is 0 Å². The molecule has 0 bridgehead atoms. The Hall–Kier alpha value is -4.46. The average Bonchev–Trinajstić information content (AvgIpc) is 3.28. The highest BCUT2D eigenvalue weighted by molar-refractivity contribution is 6.39. The first-order valence-corrected chi connectivity index (χ1v) is 9.27. The Bertz CT molecular complexity index is 1230. The normalized spacial score (nSPS) is 15.2. The number of imide groups is 2. The molecular weight excluding hydrogens is 400 g/mol. The Labute approximate surface area is 176 Å². The predicted molar refractivity (Wildman–Crippen MR) is 110 cm³/mol. The van der Waals surface area contributed by atoms with Gasteiger partial charge in [-0.15, -0.1) is 0 Å². The molecule has 2 heterocycles. The van der Waals surface area contributed by atoms with Crippen LogP contribution in [0.15, 0.2) is 76.9 Å². The van der Waals surface area contributed by atoms with Gasteiger partial charge in [-0.05, 0) is 42.8 Å². The number of carbonyl (C=O) groups excluding carboxylic acids is 4. The molecule has 8 heteroatoms. The van der Waals surface area contributed by atoms with Gasteiger partial charge in [-0.2, -0.15) is 0 Å². The number of rotatable bonds is 4. The number of furan rings is 1. The van der Waals surface area contributed by atoms with Crippen molar-refractivity contribution in [2.75, 3.05) is 4.90 Å². The number of benzene rings is 2. The average molecular weight is 416 g/mol. The van der Waals surface area contributed by atoms with Gasteiger partial charge in [0, 0.05) is 5.56 Å². The third-order valence-electron chi connectivity index (χ3n) is 4.60. The molecule has 0 saturated carbocycles. The summed E-state index contributed by atoms with van der Waals surface area (Å²) in [5.41, 5.74) is 1.08. The van der Waals surface area contributed by atoms with Crippen LogP contribution in [-0.2, 0) is 9.59 Å². The van der Waals surface area contributed by atoms with E-state index in [0.29, 0.717) is 16.8 Å². The molecule has 8 nitrogen and oxygen atoms in total. The van der Waals surface area contributed by atoms with Crippen molar-refractivity contribution < 1.29 is 28.3 Å². The van der Waals surface area contributed by atoms with Gasteiger partial charge in [0.25, 0.3) is 11.8 Å². The van der Waals surface area contributed by atoms with Gasteiger partial charge in [0.1, 0.15) is 11.3 Å². The molecule has 2 aromatic carbocycles. The molecule has 1 aliphatic heterocycles. The summed E-state index contributed by atoms with van der Waals surface area (Å²) >= 11 is 0. The van der Waals surface area contributed by atoms with Gasteiger partial charge in [0.2, 0.25) is 5.76 Å². The smallest absolute Gasteiger partial charge is 0.379 e. The lowest BCUT2D eigenvalue weighted by Gasteiger charge is -2.27. The van der Waals surface area contributed by atoms with Crippen molar-refractivity contribution in [3.63, 3.8) is 0 Å². The topological polar surface area (TPSA) is 106 Å². The van der Waals surface area contributed by atoms with Crippen molar-refractivity contribution in [1.82, 2.24) is 5.32 Å². The molecule has 1 N–H and O–H groups in total. The van der Waals surface area contributed by atoms with E-state index in [2.05, 4.69) is 5.32 Å². The highest BCUT2D eigenvalue weighted by Gasteiger charge is 2.37.